The van der Waals surface area contributed by atoms with E-state index in [1.54, 1.807) is 4.90 Å². The van der Waals surface area contributed by atoms with Crippen molar-refractivity contribution in [3.63, 3.8) is 0 Å². The highest BCUT2D eigenvalue weighted by Crippen LogP contribution is 2.23. The summed E-state index contributed by atoms with van der Waals surface area (Å²) in [6.07, 6.45) is 0.447. The van der Waals surface area contributed by atoms with Gasteiger partial charge in [-0.1, -0.05) is 66.2 Å². The van der Waals surface area contributed by atoms with Crippen LogP contribution in [0.3, 0.4) is 0 Å². The Morgan fingerprint density at radius 2 is 1.59 bits per heavy atom. The molecular weight excluding hydrogens is 464 g/mol. The first kappa shape index (κ1) is 25.9. The Bertz CT molecular complexity index is 1090. The van der Waals surface area contributed by atoms with Crippen LogP contribution in [0.25, 0.3) is 0 Å². The minimum Gasteiger partial charge on any atom is -0.352 e. The fourth-order valence-corrected chi connectivity index (χ4v) is 4.57. The van der Waals surface area contributed by atoms with Gasteiger partial charge in [0.15, 0.2) is 0 Å². The number of carbonyl (C=O) groups excluding carboxylic acids is 2. The van der Waals surface area contributed by atoms with Crippen LogP contribution in [0.5, 0.6) is 0 Å². The van der Waals surface area contributed by atoms with Gasteiger partial charge in [-0.3, -0.25) is 9.59 Å². The first-order valence-electron chi connectivity index (χ1n) is 11.4. The van der Waals surface area contributed by atoms with Crippen molar-refractivity contribution >= 4 is 35.2 Å². The summed E-state index contributed by atoms with van der Waals surface area (Å²) in [5, 5.41) is 3.68. The second kappa shape index (κ2) is 12.6. The number of nitrogens with one attached hydrogen (secondary N) is 1. The minimum atomic E-state index is -0.622. The zero-order chi connectivity index (χ0) is 24.5. The molecule has 6 heteroatoms. The standard InChI is InChI=1S/C28H31ClN2O2S/c1-20(2)30-28(33)26(17-22-10-5-4-6-11-22)31(18-23-12-8-7-9-21(23)3)27(32)19-34-25-15-13-24(29)14-16-25/h4-16,20,26H,17-19H2,1-3H3,(H,30,33)/t26-/m1/s1. The average Bonchev–Trinajstić information content (AvgIpc) is 2.82. The molecule has 0 radical (unpaired) electrons. The van der Waals surface area contributed by atoms with Gasteiger partial charge in [-0.25, -0.2) is 0 Å². The molecule has 178 valence electrons. The molecule has 0 spiro atoms. The summed E-state index contributed by atoms with van der Waals surface area (Å²) in [6, 6.07) is 24.6. The van der Waals surface area contributed by atoms with E-state index >= 15 is 0 Å². The van der Waals surface area contributed by atoms with Gasteiger partial charge in [0.25, 0.3) is 0 Å². The van der Waals surface area contributed by atoms with Gasteiger partial charge in [0.05, 0.1) is 5.75 Å². The molecule has 0 saturated heterocycles. The van der Waals surface area contributed by atoms with Crippen molar-refractivity contribution in [2.24, 2.45) is 0 Å². The van der Waals surface area contributed by atoms with E-state index in [1.807, 2.05) is 99.6 Å². The molecule has 3 aromatic rings. The lowest BCUT2D eigenvalue weighted by Crippen LogP contribution is -2.52. The largest absolute Gasteiger partial charge is 0.352 e. The topological polar surface area (TPSA) is 49.4 Å². The third-order valence-electron chi connectivity index (χ3n) is 5.48. The molecule has 3 rings (SSSR count). The number of amides is 2. The highest BCUT2D eigenvalue weighted by Gasteiger charge is 2.31. The zero-order valence-electron chi connectivity index (χ0n) is 19.8. The zero-order valence-corrected chi connectivity index (χ0v) is 21.4. The van der Waals surface area contributed by atoms with Gasteiger partial charge in [0.1, 0.15) is 6.04 Å². The van der Waals surface area contributed by atoms with Crippen molar-refractivity contribution in [3.05, 3.63) is 101 Å². The van der Waals surface area contributed by atoms with Gasteiger partial charge < -0.3 is 10.2 Å². The van der Waals surface area contributed by atoms with E-state index in [4.69, 9.17) is 11.6 Å². The maximum absolute atomic E-state index is 13.6. The normalized spacial score (nSPS) is 11.8. The van der Waals surface area contributed by atoms with Crippen molar-refractivity contribution in [2.75, 3.05) is 5.75 Å². The molecule has 1 N–H and O–H groups in total. The van der Waals surface area contributed by atoms with Gasteiger partial charge in [-0.15, -0.1) is 11.8 Å². The molecule has 0 aliphatic carbocycles. The number of aryl methyl sites for hydroxylation is 1. The second-order valence-corrected chi connectivity index (χ2v) is 10.0. The molecule has 0 fully saturated rings. The molecule has 3 aromatic carbocycles. The van der Waals surface area contributed by atoms with Gasteiger partial charge >= 0.3 is 0 Å². The van der Waals surface area contributed by atoms with Gasteiger partial charge in [0, 0.05) is 28.9 Å². The Kier molecular flexibility index (Phi) is 9.61. The van der Waals surface area contributed by atoms with Gasteiger partial charge in [0.2, 0.25) is 11.8 Å². The highest BCUT2D eigenvalue weighted by atomic mass is 35.5. The van der Waals surface area contributed by atoms with E-state index in [0.717, 1.165) is 21.6 Å². The molecular formula is C28H31ClN2O2S. The predicted octanol–water partition coefficient (Wildman–Crippen LogP) is 5.91. The molecule has 1 atom stereocenters. The van der Waals surface area contributed by atoms with Gasteiger partial charge in [-0.05, 0) is 61.7 Å². The van der Waals surface area contributed by atoms with E-state index in [2.05, 4.69) is 5.32 Å². The fraction of sp³-hybridized carbons (Fsp3) is 0.286. The Balaban J connectivity index is 1.91. The number of nitrogens with zero attached hydrogens (tertiary/aromatic N) is 1. The lowest BCUT2D eigenvalue weighted by Gasteiger charge is -2.32. The van der Waals surface area contributed by atoms with E-state index in [0.29, 0.717) is 18.0 Å². The number of hydrogen-bond donors (Lipinski definition) is 1. The minimum absolute atomic E-state index is 0.0235. The summed E-state index contributed by atoms with van der Waals surface area (Å²) in [5.41, 5.74) is 3.13. The molecule has 0 bridgehead atoms. The van der Waals surface area contributed by atoms with Crippen LogP contribution in [-0.2, 0) is 22.6 Å². The summed E-state index contributed by atoms with van der Waals surface area (Å²) in [6.45, 7) is 6.26. The second-order valence-electron chi connectivity index (χ2n) is 8.56. The lowest BCUT2D eigenvalue weighted by atomic mass is 10.0. The van der Waals surface area contributed by atoms with Crippen LogP contribution < -0.4 is 5.32 Å². The van der Waals surface area contributed by atoms with Gasteiger partial charge in [-0.2, -0.15) is 0 Å². The van der Waals surface area contributed by atoms with E-state index in [9.17, 15) is 9.59 Å². The maximum Gasteiger partial charge on any atom is 0.243 e. The number of hydrogen-bond acceptors (Lipinski definition) is 3. The molecule has 4 nitrogen and oxygen atoms in total. The summed E-state index contributed by atoms with van der Waals surface area (Å²) >= 11 is 7.44. The number of benzene rings is 3. The molecule has 0 unspecified atom stereocenters. The lowest BCUT2D eigenvalue weighted by molar-refractivity contribution is -0.139. The van der Waals surface area contributed by atoms with Crippen LogP contribution in [0.4, 0.5) is 0 Å². The van der Waals surface area contributed by atoms with Crippen molar-refractivity contribution in [1.29, 1.82) is 0 Å². The van der Waals surface area contributed by atoms with Crippen LogP contribution in [0.2, 0.25) is 5.02 Å². The Morgan fingerprint density at radius 1 is 0.941 bits per heavy atom. The van der Waals surface area contributed by atoms with Crippen molar-refractivity contribution in [3.8, 4) is 0 Å². The van der Waals surface area contributed by atoms with E-state index < -0.39 is 6.04 Å². The predicted molar refractivity (Wildman–Crippen MR) is 141 cm³/mol. The number of rotatable bonds is 10. The number of thioether (sulfide) groups is 1. The van der Waals surface area contributed by atoms with Crippen LogP contribution >= 0.6 is 23.4 Å². The number of carbonyl (C=O) groups is 2. The Morgan fingerprint density at radius 3 is 2.24 bits per heavy atom. The molecule has 0 aliphatic heterocycles. The number of halogens is 1. The summed E-state index contributed by atoms with van der Waals surface area (Å²) in [4.78, 5) is 29.7. The van der Waals surface area contributed by atoms with E-state index in [1.165, 1.54) is 11.8 Å². The van der Waals surface area contributed by atoms with Crippen LogP contribution in [0.15, 0.2) is 83.8 Å². The third-order valence-corrected chi connectivity index (χ3v) is 6.73. The Labute approximate surface area is 211 Å². The fourth-order valence-electron chi connectivity index (χ4n) is 3.66. The third kappa shape index (κ3) is 7.64. The van der Waals surface area contributed by atoms with Crippen LogP contribution in [0, 0.1) is 6.92 Å². The summed E-state index contributed by atoms with van der Waals surface area (Å²) in [7, 11) is 0. The maximum atomic E-state index is 13.6. The highest BCUT2D eigenvalue weighted by molar-refractivity contribution is 8.00. The summed E-state index contributed by atoms with van der Waals surface area (Å²) < 4.78 is 0. The molecule has 2 amide bonds. The average molecular weight is 495 g/mol. The smallest absolute Gasteiger partial charge is 0.243 e. The quantitative estimate of drug-likeness (QED) is 0.357. The molecule has 0 heterocycles. The first-order chi connectivity index (χ1) is 16.3. The SMILES string of the molecule is Cc1ccccc1CN(C(=O)CSc1ccc(Cl)cc1)[C@H](Cc1ccccc1)C(=O)NC(C)C. The van der Waals surface area contributed by atoms with Crippen molar-refractivity contribution < 1.29 is 9.59 Å². The molecule has 0 aliphatic rings. The monoisotopic (exact) mass is 494 g/mol. The van der Waals surface area contributed by atoms with Crippen LogP contribution in [0.1, 0.15) is 30.5 Å². The van der Waals surface area contributed by atoms with E-state index in [-0.39, 0.29) is 23.6 Å². The van der Waals surface area contributed by atoms with Crippen molar-refractivity contribution in [2.45, 2.75) is 50.7 Å². The molecule has 0 saturated carbocycles. The van der Waals surface area contributed by atoms with Crippen molar-refractivity contribution in [1.82, 2.24) is 10.2 Å². The Hall–Kier alpha value is -2.76. The van der Waals surface area contributed by atoms with Crippen LogP contribution in [-0.4, -0.2) is 34.6 Å². The molecule has 0 aromatic heterocycles. The molecule has 34 heavy (non-hydrogen) atoms. The first-order valence-corrected chi connectivity index (χ1v) is 12.8. The summed E-state index contributed by atoms with van der Waals surface area (Å²) in [5.74, 6) is 0.00800.